The lowest BCUT2D eigenvalue weighted by molar-refractivity contribution is -0.383. The Balaban J connectivity index is 2.47. The molecule has 0 unspecified atom stereocenters. The van der Waals surface area contributed by atoms with Crippen LogP contribution in [0, 0.1) is 10.1 Å². The van der Waals surface area contributed by atoms with Crippen molar-refractivity contribution in [1.82, 2.24) is 15.4 Å². The van der Waals surface area contributed by atoms with Crippen LogP contribution in [-0.4, -0.2) is 27.0 Å². The maximum absolute atomic E-state index is 11.6. The van der Waals surface area contributed by atoms with Gasteiger partial charge in [-0.1, -0.05) is 18.2 Å². The second-order valence-corrected chi connectivity index (χ2v) is 6.23. The maximum atomic E-state index is 11.6. The van der Waals surface area contributed by atoms with Crippen LogP contribution in [0.25, 0.3) is 0 Å². The summed E-state index contributed by atoms with van der Waals surface area (Å²) < 4.78 is 0. The zero-order valence-electron chi connectivity index (χ0n) is 14.3. The third kappa shape index (κ3) is 4.17. The molecule has 2 N–H and O–H groups in total. The van der Waals surface area contributed by atoms with Crippen LogP contribution in [0.2, 0.25) is 0 Å². The Kier molecular flexibility index (Phi) is 5.30. The smallest absolute Gasteiger partial charge is 0.321 e. The van der Waals surface area contributed by atoms with Crippen LogP contribution in [-0.2, 0) is 0 Å². The van der Waals surface area contributed by atoms with Crippen molar-refractivity contribution < 1.29 is 4.92 Å². The third-order valence-electron chi connectivity index (χ3n) is 3.18. The fraction of sp³-hybridized carbons (Fsp3) is 0.375. The monoisotopic (exact) mass is 330 g/mol. The van der Waals surface area contributed by atoms with Gasteiger partial charge in [-0.3, -0.25) is 15.5 Å². The Morgan fingerprint density at radius 2 is 1.88 bits per heavy atom. The van der Waals surface area contributed by atoms with E-state index in [-0.39, 0.29) is 22.9 Å². The number of nitro groups is 1. The lowest BCUT2D eigenvalue weighted by atomic mass is 10.1. The Bertz CT molecular complexity index is 699. The normalized spacial score (nSPS) is 11.2. The van der Waals surface area contributed by atoms with Gasteiger partial charge in [-0.05, 0) is 39.8 Å². The van der Waals surface area contributed by atoms with Crippen molar-refractivity contribution in [2.24, 2.45) is 0 Å². The lowest BCUT2D eigenvalue weighted by Gasteiger charge is -2.24. The SMILES string of the molecule is CCN(c1ccccc1)c1ncnc(NNC(C)(C)C)c1[N+](=O)[O-]. The molecule has 0 fully saturated rings. The molecule has 0 aliphatic carbocycles. The number of hydrazine groups is 1. The summed E-state index contributed by atoms with van der Waals surface area (Å²) in [6, 6.07) is 9.42. The molecule has 1 heterocycles. The molecule has 0 atom stereocenters. The minimum absolute atomic E-state index is 0.134. The quantitative estimate of drug-likeness (QED) is 0.620. The highest BCUT2D eigenvalue weighted by molar-refractivity contribution is 5.75. The Hall–Kier alpha value is -2.74. The fourth-order valence-corrected chi connectivity index (χ4v) is 2.14. The van der Waals surface area contributed by atoms with E-state index >= 15 is 0 Å². The second kappa shape index (κ2) is 7.22. The van der Waals surface area contributed by atoms with E-state index < -0.39 is 4.92 Å². The van der Waals surface area contributed by atoms with Crippen LogP contribution in [0.3, 0.4) is 0 Å². The largest absolute Gasteiger partial charge is 0.355 e. The van der Waals surface area contributed by atoms with Crippen LogP contribution in [0.5, 0.6) is 0 Å². The van der Waals surface area contributed by atoms with E-state index in [9.17, 15) is 10.1 Å². The molecule has 0 radical (unpaired) electrons. The number of para-hydroxylation sites is 1. The van der Waals surface area contributed by atoms with Gasteiger partial charge in [0.25, 0.3) is 0 Å². The summed E-state index contributed by atoms with van der Waals surface area (Å²) in [5.74, 6) is 0.385. The summed E-state index contributed by atoms with van der Waals surface area (Å²) in [5.41, 5.74) is 6.22. The van der Waals surface area contributed by atoms with Crippen molar-refractivity contribution >= 4 is 23.0 Å². The molecule has 0 spiro atoms. The number of hydrogen-bond donors (Lipinski definition) is 2. The maximum Gasteiger partial charge on any atom is 0.355 e. The molecule has 0 aliphatic heterocycles. The molecule has 128 valence electrons. The molecule has 2 aromatic rings. The van der Waals surface area contributed by atoms with E-state index in [1.807, 2.05) is 58.0 Å². The highest BCUT2D eigenvalue weighted by Crippen LogP contribution is 2.35. The van der Waals surface area contributed by atoms with Crippen molar-refractivity contribution in [2.75, 3.05) is 16.9 Å². The van der Waals surface area contributed by atoms with Gasteiger partial charge in [0.15, 0.2) is 0 Å². The number of rotatable bonds is 6. The van der Waals surface area contributed by atoms with Gasteiger partial charge in [-0.15, -0.1) is 0 Å². The molecule has 8 heteroatoms. The van der Waals surface area contributed by atoms with Crippen molar-refractivity contribution in [3.05, 3.63) is 46.8 Å². The molecule has 2 rings (SSSR count). The second-order valence-electron chi connectivity index (χ2n) is 6.23. The highest BCUT2D eigenvalue weighted by atomic mass is 16.6. The number of aromatic nitrogens is 2. The van der Waals surface area contributed by atoms with Crippen LogP contribution >= 0.6 is 0 Å². The van der Waals surface area contributed by atoms with Crippen molar-refractivity contribution in [3.63, 3.8) is 0 Å². The first-order chi connectivity index (χ1) is 11.3. The molecule has 1 aromatic carbocycles. The van der Waals surface area contributed by atoms with Crippen LogP contribution in [0.1, 0.15) is 27.7 Å². The van der Waals surface area contributed by atoms with E-state index in [1.54, 1.807) is 4.90 Å². The zero-order valence-corrected chi connectivity index (χ0v) is 14.3. The Morgan fingerprint density at radius 3 is 2.42 bits per heavy atom. The third-order valence-corrected chi connectivity index (χ3v) is 3.18. The Morgan fingerprint density at radius 1 is 1.21 bits per heavy atom. The fourth-order valence-electron chi connectivity index (χ4n) is 2.14. The van der Waals surface area contributed by atoms with Crippen molar-refractivity contribution in [1.29, 1.82) is 0 Å². The molecule has 0 bridgehead atoms. The number of anilines is 3. The molecule has 8 nitrogen and oxygen atoms in total. The van der Waals surface area contributed by atoms with E-state index in [0.29, 0.717) is 6.54 Å². The molecule has 0 saturated heterocycles. The summed E-state index contributed by atoms with van der Waals surface area (Å²) >= 11 is 0. The predicted molar refractivity (Wildman–Crippen MR) is 94.3 cm³/mol. The molecular weight excluding hydrogens is 308 g/mol. The average Bonchev–Trinajstić information content (AvgIpc) is 2.54. The Labute approximate surface area is 141 Å². The van der Waals surface area contributed by atoms with Gasteiger partial charge in [0.2, 0.25) is 11.6 Å². The molecule has 0 saturated carbocycles. The van der Waals surface area contributed by atoms with Crippen molar-refractivity contribution in [2.45, 2.75) is 33.2 Å². The molecule has 0 aliphatic rings. The van der Waals surface area contributed by atoms with E-state index in [4.69, 9.17) is 0 Å². The van der Waals surface area contributed by atoms with Gasteiger partial charge in [-0.25, -0.2) is 15.4 Å². The minimum Gasteiger partial charge on any atom is -0.321 e. The van der Waals surface area contributed by atoms with E-state index in [0.717, 1.165) is 5.69 Å². The van der Waals surface area contributed by atoms with Gasteiger partial charge in [0.05, 0.1) is 4.92 Å². The summed E-state index contributed by atoms with van der Waals surface area (Å²) in [4.78, 5) is 21.1. The highest BCUT2D eigenvalue weighted by Gasteiger charge is 2.27. The number of hydrogen-bond acceptors (Lipinski definition) is 7. The van der Waals surface area contributed by atoms with Crippen LogP contribution in [0.15, 0.2) is 36.7 Å². The summed E-state index contributed by atoms with van der Waals surface area (Å²) in [6.07, 6.45) is 1.32. The average molecular weight is 330 g/mol. The lowest BCUT2D eigenvalue weighted by Crippen LogP contribution is -2.40. The topological polar surface area (TPSA) is 96.2 Å². The number of nitrogens with zero attached hydrogens (tertiary/aromatic N) is 4. The van der Waals surface area contributed by atoms with Gasteiger partial charge in [0.1, 0.15) is 6.33 Å². The predicted octanol–water partition coefficient (Wildman–Crippen LogP) is 3.26. The molecular formula is C16H22N6O2. The van der Waals surface area contributed by atoms with Crippen LogP contribution < -0.4 is 15.8 Å². The standard InChI is InChI=1S/C16H22N6O2/c1-5-21(12-9-7-6-8-10-12)15-13(22(23)24)14(17-11-18-15)19-20-16(2,3)4/h6-11,20H,5H2,1-4H3,(H,17,18,19). The zero-order chi connectivity index (χ0) is 17.7. The first-order valence-electron chi connectivity index (χ1n) is 7.68. The first kappa shape index (κ1) is 17.6. The number of benzene rings is 1. The summed E-state index contributed by atoms with van der Waals surface area (Å²) in [5, 5.41) is 11.6. The van der Waals surface area contributed by atoms with E-state index in [1.165, 1.54) is 6.33 Å². The number of nitrogens with one attached hydrogen (secondary N) is 2. The first-order valence-corrected chi connectivity index (χ1v) is 7.68. The van der Waals surface area contributed by atoms with E-state index in [2.05, 4.69) is 20.8 Å². The van der Waals surface area contributed by atoms with Crippen molar-refractivity contribution in [3.8, 4) is 0 Å². The summed E-state index contributed by atoms with van der Waals surface area (Å²) in [7, 11) is 0. The van der Waals surface area contributed by atoms with Gasteiger partial charge in [-0.2, -0.15) is 0 Å². The molecule has 0 amide bonds. The molecule has 1 aromatic heterocycles. The van der Waals surface area contributed by atoms with Gasteiger partial charge in [0, 0.05) is 17.8 Å². The van der Waals surface area contributed by atoms with Gasteiger partial charge >= 0.3 is 5.69 Å². The summed E-state index contributed by atoms with van der Waals surface area (Å²) in [6.45, 7) is 8.27. The van der Waals surface area contributed by atoms with Crippen LogP contribution in [0.4, 0.5) is 23.0 Å². The molecule has 24 heavy (non-hydrogen) atoms. The van der Waals surface area contributed by atoms with Gasteiger partial charge < -0.3 is 4.90 Å². The minimum atomic E-state index is -0.465.